The van der Waals surface area contributed by atoms with Gasteiger partial charge in [0.25, 0.3) is 5.78 Å². The summed E-state index contributed by atoms with van der Waals surface area (Å²) in [4.78, 5) is 30.5. The van der Waals surface area contributed by atoms with Crippen molar-refractivity contribution in [1.29, 1.82) is 0 Å². The van der Waals surface area contributed by atoms with Crippen LogP contribution in [-0.2, 0) is 0 Å². The highest BCUT2D eigenvalue weighted by Crippen LogP contribution is 2.27. The fourth-order valence-corrected chi connectivity index (χ4v) is 2.23. The largest absolute Gasteiger partial charge is 0.504 e. The Labute approximate surface area is 140 Å². The van der Waals surface area contributed by atoms with E-state index in [1.165, 1.54) is 24.5 Å². The third-order valence-corrected chi connectivity index (χ3v) is 3.34. The third-order valence-electron chi connectivity index (χ3n) is 3.34. The minimum Gasteiger partial charge on any atom is -0.504 e. The molecule has 0 aliphatic carbocycles. The molecule has 0 amide bonds. The second kappa shape index (κ2) is 6.43. The van der Waals surface area contributed by atoms with E-state index in [0.717, 1.165) is 4.52 Å². The summed E-state index contributed by atoms with van der Waals surface area (Å²) in [5.74, 6) is 0.296. The van der Waals surface area contributed by atoms with Crippen molar-refractivity contribution in [3.05, 3.63) is 56.3 Å². The van der Waals surface area contributed by atoms with Crippen LogP contribution in [0.1, 0.15) is 18.2 Å². The van der Waals surface area contributed by atoms with Crippen LogP contribution in [0.15, 0.2) is 29.3 Å². The number of aromatic amines is 1. The third kappa shape index (κ3) is 3.04. The van der Waals surface area contributed by atoms with Crippen LogP contribution >= 0.6 is 0 Å². The lowest BCUT2D eigenvalue weighted by molar-refractivity contribution is -0.386. The molecule has 0 bridgehead atoms. The highest BCUT2D eigenvalue weighted by molar-refractivity contribution is 5.73. The van der Waals surface area contributed by atoms with Gasteiger partial charge >= 0.3 is 11.2 Å². The average Bonchev–Trinajstić information content (AvgIpc) is 3.04. The van der Waals surface area contributed by atoms with E-state index in [-0.39, 0.29) is 23.0 Å². The molecule has 0 atom stereocenters. The molecule has 0 aliphatic rings. The van der Waals surface area contributed by atoms with Crippen LogP contribution in [0.3, 0.4) is 0 Å². The molecule has 10 nitrogen and oxygen atoms in total. The molecule has 3 aromatic rings. The van der Waals surface area contributed by atoms with E-state index in [4.69, 9.17) is 4.74 Å². The topological polar surface area (TPSA) is 136 Å². The lowest BCUT2D eigenvalue weighted by Crippen LogP contribution is -2.20. The smallest absolute Gasteiger partial charge is 0.361 e. The van der Waals surface area contributed by atoms with Gasteiger partial charge in [-0.05, 0) is 30.7 Å². The van der Waals surface area contributed by atoms with Crippen LogP contribution in [0.4, 0.5) is 5.69 Å². The highest BCUT2D eigenvalue weighted by atomic mass is 16.6. The Morgan fingerprint density at radius 3 is 2.96 bits per heavy atom. The van der Waals surface area contributed by atoms with Crippen molar-refractivity contribution in [2.75, 3.05) is 6.61 Å². The molecule has 0 unspecified atom stereocenters. The molecular formula is C15H13N5O5. The van der Waals surface area contributed by atoms with Crippen LogP contribution in [0.5, 0.6) is 11.5 Å². The van der Waals surface area contributed by atoms with E-state index in [1.807, 2.05) is 0 Å². The van der Waals surface area contributed by atoms with Crippen molar-refractivity contribution in [1.82, 2.24) is 19.6 Å². The summed E-state index contributed by atoms with van der Waals surface area (Å²) in [5.41, 5.74) is -1.03. The Kier molecular flexibility index (Phi) is 4.16. The van der Waals surface area contributed by atoms with Crippen LogP contribution in [0, 0.1) is 10.1 Å². The van der Waals surface area contributed by atoms with Crippen LogP contribution in [-0.4, -0.2) is 36.2 Å². The predicted octanol–water partition coefficient (Wildman–Crippen LogP) is 1.60. The first-order valence-electron chi connectivity index (χ1n) is 7.25. The monoisotopic (exact) mass is 343 g/mol. The van der Waals surface area contributed by atoms with Gasteiger partial charge in [0, 0.05) is 0 Å². The summed E-state index contributed by atoms with van der Waals surface area (Å²) in [6, 6.07) is 4.61. The fourth-order valence-electron chi connectivity index (χ4n) is 2.23. The molecule has 2 N–H and O–H groups in total. The number of rotatable bonds is 5. The number of hydrogen-bond donors (Lipinski definition) is 2. The molecule has 0 spiro atoms. The first kappa shape index (κ1) is 16.2. The van der Waals surface area contributed by atoms with Crippen molar-refractivity contribution in [2.24, 2.45) is 0 Å². The molecule has 1 aromatic carbocycles. The number of fused-ring (bicyclic) bond motifs is 1. The van der Waals surface area contributed by atoms with Gasteiger partial charge < -0.3 is 9.84 Å². The second-order valence-electron chi connectivity index (χ2n) is 4.92. The number of H-pyrrole nitrogens is 1. The van der Waals surface area contributed by atoms with Gasteiger partial charge in [0.2, 0.25) is 0 Å². The van der Waals surface area contributed by atoms with Gasteiger partial charge in [0.1, 0.15) is 6.33 Å². The Balaban J connectivity index is 2.07. The number of benzene rings is 1. The first-order chi connectivity index (χ1) is 12.0. The van der Waals surface area contributed by atoms with Crippen molar-refractivity contribution < 1.29 is 14.8 Å². The van der Waals surface area contributed by atoms with Gasteiger partial charge in [-0.3, -0.25) is 20.0 Å². The minimum absolute atomic E-state index is 0.0145. The number of phenolic OH excluding ortho intramolecular Hbond substituents is 1. The lowest BCUT2D eigenvalue weighted by atomic mass is 10.1. The molecule has 10 heteroatoms. The van der Waals surface area contributed by atoms with Crippen LogP contribution < -0.4 is 10.3 Å². The Bertz CT molecular complexity index is 1040. The SMILES string of the molecule is CCOc1cc(/C=C/c2nc3nc[nH]n3c(=O)c2[N+](=O)[O-])ccc1O. The van der Waals surface area contributed by atoms with E-state index in [1.54, 1.807) is 19.1 Å². The van der Waals surface area contributed by atoms with E-state index < -0.39 is 16.2 Å². The maximum absolute atomic E-state index is 12.2. The van der Waals surface area contributed by atoms with Crippen molar-refractivity contribution in [2.45, 2.75) is 6.92 Å². The van der Waals surface area contributed by atoms with Crippen molar-refractivity contribution in [3.8, 4) is 11.5 Å². The number of phenols is 1. The molecule has 3 rings (SSSR count). The van der Waals surface area contributed by atoms with Crippen molar-refractivity contribution in [3.63, 3.8) is 0 Å². The molecule has 0 aliphatic heterocycles. The number of ether oxygens (including phenoxy) is 1. The standard InChI is InChI=1S/C15H13N5O5/c1-2-25-12-7-9(4-6-11(12)21)3-5-10-13(20(23)24)14(22)19-15(18-10)16-8-17-19/h3-8,21H,2H2,1H3,(H,16,17,18)/b5-3+. The molecule has 0 saturated heterocycles. The Hall–Kier alpha value is -3.69. The van der Waals surface area contributed by atoms with Crippen LogP contribution in [0.2, 0.25) is 0 Å². The fraction of sp³-hybridized carbons (Fsp3) is 0.133. The molecule has 0 saturated carbocycles. The molecule has 0 radical (unpaired) electrons. The van der Waals surface area contributed by atoms with E-state index in [2.05, 4.69) is 15.1 Å². The zero-order valence-electron chi connectivity index (χ0n) is 13.0. The Morgan fingerprint density at radius 1 is 1.44 bits per heavy atom. The van der Waals surface area contributed by atoms with E-state index in [9.17, 15) is 20.0 Å². The minimum atomic E-state index is -0.854. The zero-order chi connectivity index (χ0) is 18.0. The molecular weight excluding hydrogens is 330 g/mol. The number of aromatic nitrogens is 4. The van der Waals surface area contributed by atoms with Gasteiger partial charge in [0.15, 0.2) is 17.2 Å². The summed E-state index contributed by atoms with van der Waals surface area (Å²) in [7, 11) is 0. The van der Waals surface area contributed by atoms with Gasteiger partial charge in [-0.25, -0.2) is 9.97 Å². The number of nitrogens with one attached hydrogen (secondary N) is 1. The maximum Gasteiger partial charge on any atom is 0.361 e. The highest BCUT2D eigenvalue weighted by Gasteiger charge is 2.22. The quantitative estimate of drug-likeness (QED) is 0.530. The predicted molar refractivity (Wildman–Crippen MR) is 88.5 cm³/mol. The number of nitro groups is 1. The van der Waals surface area contributed by atoms with Gasteiger partial charge in [-0.2, -0.15) is 4.52 Å². The van der Waals surface area contributed by atoms with Gasteiger partial charge in [-0.15, -0.1) is 0 Å². The van der Waals surface area contributed by atoms with Gasteiger partial charge in [0.05, 0.1) is 11.5 Å². The Morgan fingerprint density at radius 2 is 2.24 bits per heavy atom. The molecule has 0 fully saturated rings. The summed E-state index contributed by atoms with van der Waals surface area (Å²) >= 11 is 0. The second-order valence-corrected chi connectivity index (χ2v) is 4.92. The first-order valence-corrected chi connectivity index (χ1v) is 7.25. The summed E-state index contributed by atoms with van der Waals surface area (Å²) < 4.78 is 6.17. The van der Waals surface area contributed by atoms with E-state index in [0.29, 0.717) is 12.2 Å². The molecule has 128 valence electrons. The number of nitrogens with zero attached hydrogens (tertiary/aromatic N) is 4. The molecule has 25 heavy (non-hydrogen) atoms. The summed E-state index contributed by atoms with van der Waals surface area (Å²) in [6.45, 7) is 2.15. The van der Waals surface area contributed by atoms with Gasteiger partial charge in [-0.1, -0.05) is 12.1 Å². The zero-order valence-corrected chi connectivity index (χ0v) is 13.0. The molecule has 2 aromatic heterocycles. The van der Waals surface area contributed by atoms with Crippen LogP contribution in [0.25, 0.3) is 17.9 Å². The van der Waals surface area contributed by atoms with Crippen molar-refractivity contribution >= 4 is 23.6 Å². The lowest BCUT2D eigenvalue weighted by Gasteiger charge is -2.06. The average molecular weight is 343 g/mol. The number of hydrogen-bond acceptors (Lipinski definition) is 7. The maximum atomic E-state index is 12.2. The summed E-state index contributed by atoms with van der Waals surface area (Å²) in [5, 5.41) is 23.4. The number of aromatic hydroxyl groups is 1. The summed E-state index contributed by atoms with van der Waals surface area (Å²) in [6.07, 6.45) is 4.09. The normalized spacial score (nSPS) is 11.2. The van der Waals surface area contributed by atoms with E-state index >= 15 is 0 Å². The molecule has 2 heterocycles.